The highest BCUT2D eigenvalue weighted by Crippen LogP contribution is 2.27. The molecule has 0 amide bonds. The lowest BCUT2D eigenvalue weighted by atomic mass is 10.3. The van der Waals surface area contributed by atoms with E-state index in [2.05, 4.69) is 15.6 Å². The molecular weight excluding hydrogens is 218 g/mol. The van der Waals surface area contributed by atoms with Crippen LogP contribution in [0.5, 0.6) is 0 Å². The third-order valence-electron chi connectivity index (χ3n) is 2.02. The van der Waals surface area contributed by atoms with Crippen molar-refractivity contribution in [2.75, 3.05) is 18.4 Å². The lowest BCUT2D eigenvalue weighted by Gasteiger charge is -2.08. The molecule has 0 spiro atoms. The van der Waals surface area contributed by atoms with Gasteiger partial charge in [0.2, 0.25) is 0 Å². The Balaban J connectivity index is 2.02. The predicted octanol–water partition coefficient (Wildman–Crippen LogP) is 2.55. The molecule has 0 aliphatic carbocycles. The largest absolute Gasteiger partial charge is 0.356 e. The van der Waals surface area contributed by atoms with Crippen molar-refractivity contribution in [3.63, 3.8) is 0 Å². The number of hydrogen-bond acceptors (Lipinski definition) is 4. The fourth-order valence-corrected chi connectivity index (χ4v) is 2.12. The van der Waals surface area contributed by atoms with Crippen LogP contribution in [0.2, 0.25) is 4.34 Å². The molecule has 0 unspecified atom stereocenters. The Hall–Kier alpha value is -0.740. The van der Waals surface area contributed by atoms with Crippen molar-refractivity contribution in [3.05, 3.63) is 15.8 Å². The molecule has 0 saturated carbocycles. The summed E-state index contributed by atoms with van der Waals surface area (Å²) in [4.78, 5) is 4.38. The second-order valence-corrected chi connectivity index (χ2v) is 4.62. The van der Waals surface area contributed by atoms with E-state index in [0.29, 0.717) is 0 Å². The topological polar surface area (TPSA) is 36.4 Å². The average Bonchev–Trinajstić information content (AvgIpc) is 2.44. The summed E-state index contributed by atoms with van der Waals surface area (Å²) in [7, 11) is 0. The van der Waals surface area contributed by atoms with Gasteiger partial charge in [-0.05, 0) is 24.3 Å². The Morgan fingerprint density at radius 2 is 2.43 bits per heavy atom. The molecule has 1 aliphatic rings. The summed E-state index contributed by atoms with van der Waals surface area (Å²) in [6, 6.07) is 1.96. The molecule has 0 bridgehead atoms. The van der Waals surface area contributed by atoms with E-state index in [1.54, 1.807) is 0 Å². The maximum Gasteiger partial charge on any atom is 0.195 e. The molecule has 0 radical (unpaired) electrons. The fourth-order valence-electron chi connectivity index (χ4n) is 1.28. The van der Waals surface area contributed by atoms with Gasteiger partial charge < -0.3 is 10.6 Å². The van der Waals surface area contributed by atoms with E-state index in [1.165, 1.54) is 17.8 Å². The number of anilines is 1. The lowest BCUT2D eigenvalue weighted by Crippen LogP contribution is -2.30. The predicted molar refractivity (Wildman–Crippen MR) is 62.5 cm³/mol. The first kappa shape index (κ1) is 9.80. The van der Waals surface area contributed by atoms with Gasteiger partial charge in [-0.25, -0.2) is 0 Å². The second-order valence-electron chi connectivity index (χ2n) is 3.10. The minimum Gasteiger partial charge on any atom is -0.356 e. The molecule has 5 heteroatoms. The van der Waals surface area contributed by atoms with Crippen LogP contribution in [0.1, 0.15) is 12.8 Å². The van der Waals surface area contributed by atoms with Crippen molar-refractivity contribution >= 4 is 34.6 Å². The molecule has 1 aliphatic heterocycles. The van der Waals surface area contributed by atoms with E-state index in [1.807, 2.05) is 11.4 Å². The summed E-state index contributed by atoms with van der Waals surface area (Å²) in [6.45, 7) is 1.87. The molecule has 0 aromatic carbocycles. The molecule has 2 rings (SSSR count). The van der Waals surface area contributed by atoms with Crippen molar-refractivity contribution in [1.29, 1.82) is 0 Å². The zero-order valence-electron chi connectivity index (χ0n) is 7.72. The summed E-state index contributed by atoms with van der Waals surface area (Å²) in [6.07, 6.45) is 2.32. The highest BCUT2D eigenvalue weighted by Gasteiger charge is 2.06. The number of rotatable bonds is 1. The summed E-state index contributed by atoms with van der Waals surface area (Å²) in [5.41, 5.74) is 0.935. The number of guanidine groups is 1. The van der Waals surface area contributed by atoms with Crippen LogP contribution in [-0.4, -0.2) is 19.0 Å². The number of thiophene rings is 1. The van der Waals surface area contributed by atoms with Gasteiger partial charge in [0.15, 0.2) is 5.96 Å². The molecule has 2 N–H and O–H groups in total. The Morgan fingerprint density at radius 3 is 3.21 bits per heavy atom. The van der Waals surface area contributed by atoms with E-state index in [0.717, 1.165) is 35.5 Å². The molecule has 1 aromatic rings. The van der Waals surface area contributed by atoms with E-state index in [-0.39, 0.29) is 0 Å². The molecule has 1 aromatic heterocycles. The van der Waals surface area contributed by atoms with Gasteiger partial charge in [-0.2, -0.15) is 0 Å². The summed E-state index contributed by atoms with van der Waals surface area (Å²) in [5, 5.41) is 8.38. The van der Waals surface area contributed by atoms with Gasteiger partial charge in [-0.1, -0.05) is 11.6 Å². The summed E-state index contributed by atoms with van der Waals surface area (Å²) in [5.74, 6) is 0.836. The van der Waals surface area contributed by atoms with E-state index < -0.39 is 0 Å². The maximum absolute atomic E-state index is 5.97. The highest BCUT2D eigenvalue weighted by atomic mass is 35.5. The van der Waals surface area contributed by atoms with Crippen LogP contribution < -0.4 is 10.6 Å². The minimum atomic E-state index is 0.777. The molecule has 0 atom stereocenters. The Kier molecular flexibility index (Phi) is 3.26. The Bertz CT molecular complexity index is 335. The lowest BCUT2D eigenvalue weighted by molar-refractivity contribution is 0.749. The van der Waals surface area contributed by atoms with E-state index >= 15 is 0 Å². The van der Waals surface area contributed by atoms with Crippen LogP contribution in [-0.2, 0) is 0 Å². The number of nitrogens with one attached hydrogen (secondary N) is 2. The zero-order valence-corrected chi connectivity index (χ0v) is 9.29. The van der Waals surface area contributed by atoms with Crippen molar-refractivity contribution in [2.24, 2.45) is 4.99 Å². The second kappa shape index (κ2) is 4.66. The van der Waals surface area contributed by atoms with Crippen molar-refractivity contribution in [2.45, 2.75) is 12.8 Å². The van der Waals surface area contributed by atoms with Crippen molar-refractivity contribution in [1.82, 2.24) is 5.32 Å². The van der Waals surface area contributed by atoms with Crippen LogP contribution in [0, 0.1) is 0 Å². The molecule has 3 nitrogen and oxygen atoms in total. The van der Waals surface area contributed by atoms with Crippen LogP contribution in [0.3, 0.4) is 0 Å². The molecule has 2 heterocycles. The van der Waals surface area contributed by atoms with Gasteiger partial charge in [0.1, 0.15) is 4.34 Å². The third-order valence-corrected chi connectivity index (χ3v) is 3.19. The van der Waals surface area contributed by atoms with Crippen LogP contribution in [0.25, 0.3) is 0 Å². The third kappa shape index (κ3) is 2.39. The standard InChI is InChI=1S/C9H12ClN3S/c10-8-7(3-6-14-8)13-9-11-4-1-2-5-12-9/h3,6H,1-2,4-5H2,(H2,11,12,13). The van der Waals surface area contributed by atoms with Crippen molar-refractivity contribution in [3.8, 4) is 0 Å². The highest BCUT2D eigenvalue weighted by molar-refractivity contribution is 7.15. The Morgan fingerprint density at radius 1 is 1.50 bits per heavy atom. The first-order valence-electron chi connectivity index (χ1n) is 4.64. The number of nitrogens with zero attached hydrogens (tertiary/aromatic N) is 1. The van der Waals surface area contributed by atoms with Gasteiger partial charge >= 0.3 is 0 Å². The van der Waals surface area contributed by atoms with Crippen LogP contribution in [0.15, 0.2) is 16.4 Å². The molecule has 0 fully saturated rings. The van der Waals surface area contributed by atoms with Gasteiger partial charge in [-0.3, -0.25) is 4.99 Å². The van der Waals surface area contributed by atoms with Crippen molar-refractivity contribution < 1.29 is 0 Å². The molecule has 14 heavy (non-hydrogen) atoms. The average molecular weight is 230 g/mol. The first-order chi connectivity index (χ1) is 6.86. The van der Waals surface area contributed by atoms with E-state index in [9.17, 15) is 0 Å². The SMILES string of the molecule is Clc1sccc1NC1=NCCCCN1. The number of aliphatic imine (C=N–C) groups is 1. The van der Waals surface area contributed by atoms with Crippen LogP contribution in [0.4, 0.5) is 5.69 Å². The molecular formula is C9H12ClN3S. The fraction of sp³-hybridized carbons (Fsp3) is 0.444. The molecule has 76 valence electrons. The number of halogens is 1. The minimum absolute atomic E-state index is 0.777. The smallest absolute Gasteiger partial charge is 0.195 e. The zero-order chi connectivity index (χ0) is 9.80. The van der Waals surface area contributed by atoms with Gasteiger partial charge in [0, 0.05) is 13.1 Å². The van der Waals surface area contributed by atoms with Gasteiger partial charge in [-0.15, -0.1) is 11.3 Å². The first-order valence-corrected chi connectivity index (χ1v) is 5.90. The van der Waals surface area contributed by atoms with Gasteiger partial charge in [0.05, 0.1) is 5.69 Å². The normalized spacial score (nSPS) is 16.8. The molecule has 0 saturated heterocycles. The quantitative estimate of drug-likeness (QED) is 0.777. The number of hydrogen-bond donors (Lipinski definition) is 2. The Labute approximate surface area is 92.2 Å². The van der Waals surface area contributed by atoms with E-state index in [4.69, 9.17) is 11.6 Å². The maximum atomic E-state index is 5.97. The monoisotopic (exact) mass is 229 g/mol. The summed E-state index contributed by atoms with van der Waals surface area (Å²) >= 11 is 7.49. The summed E-state index contributed by atoms with van der Waals surface area (Å²) < 4.78 is 0.777. The van der Waals surface area contributed by atoms with Crippen LogP contribution >= 0.6 is 22.9 Å². The van der Waals surface area contributed by atoms with Gasteiger partial charge in [0.25, 0.3) is 0 Å².